The van der Waals surface area contributed by atoms with Gasteiger partial charge in [0.2, 0.25) is 0 Å². The molecule has 2 rings (SSSR count). The van der Waals surface area contributed by atoms with Crippen LogP contribution in [0.5, 0.6) is 0 Å². The fourth-order valence-corrected chi connectivity index (χ4v) is 3.31. The summed E-state index contributed by atoms with van der Waals surface area (Å²) in [5, 5.41) is 1.95. The van der Waals surface area contributed by atoms with Crippen LogP contribution in [-0.2, 0) is 5.33 Å². The number of halogens is 2. The summed E-state index contributed by atoms with van der Waals surface area (Å²) in [5.41, 5.74) is 8.03. The normalized spacial score (nSPS) is 10.9. The van der Waals surface area contributed by atoms with Gasteiger partial charge in [0, 0.05) is 21.1 Å². The summed E-state index contributed by atoms with van der Waals surface area (Å²) in [6, 6.07) is 6.24. The summed E-state index contributed by atoms with van der Waals surface area (Å²) in [5.74, 6) is 0. The maximum Gasteiger partial charge on any atom is 0.0711 e. The first-order chi connectivity index (χ1) is 6.22. The molecule has 0 spiro atoms. The van der Waals surface area contributed by atoms with Crippen molar-refractivity contribution in [1.29, 1.82) is 0 Å². The first-order valence-electron chi connectivity index (χ1n) is 3.74. The Kier molecular flexibility index (Phi) is 2.62. The van der Waals surface area contributed by atoms with E-state index in [1.54, 1.807) is 11.3 Å². The molecule has 4 heteroatoms. The molecule has 13 heavy (non-hydrogen) atoms. The molecule has 1 heterocycles. The van der Waals surface area contributed by atoms with Crippen molar-refractivity contribution in [2.75, 3.05) is 5.73 Å². The molecule has 0 aliphatic carbocycles. The number of hydrogen-bond acceptors (Lipinski definition) is 2. The summed E-state index contributed by atoms with van der Waals surface area (Å²) >= 11 is 8.58. The van der Waals surface area contributed by atoms with Gasteiger partial charge in [0.25, 0.3) is 0 Å². The van der Waals surface area contributed by atoms with Gasteiger partial charge in [0.1, 0.15) is 0 Å². The predicted molar refractivity (Wildman–Crippen MR) is 66.6 cm³/mol. The lowest BCUT2D eigenvalue weighted by Crippen LogP contribution is -1.91. The van der Waals surface area contributed by atoms with Crippen LogP contribution in [0, 0.1) is 0 Å². The zero-order valence-electron chi connectivity index (χ0n) is 6.68. The third kappa shape index (κ3) is 1.63. The zero-order valence-corrected chi connectivity index (χ0v) is 10.7. The van der Waals surface area contributed by atoms with E-state index in [-0.39, 0.29) is 0 Å². The number of anilines is 1. The number of alkyl halides is 1. The molecule has 2 N–H and O–H groups in total. The highest BCUT2D eigenvalue weighted by Gasteiger charge is 2.06. The zero-order chi connectivity index (χ0) is 9.42. The topological polar surface area (TPSA) is 26.0 Å². The van der Waals surface area contributed by atoms with E-state index in [0.29, 0.717) is 0 Å². The molecule has 2 aromatic rings. The first kappa shape index (κ1) is 9.49. The SMILES string of the molecule is Nc1c(CBr)ccc2sc(Br)cc12. The van der Waals surface area contributed by atoms with Gasteiger partial charge in [-0.25, -0.2) is 0 Å². The Morgan fingerprint density at radius 2 is 2.15 bits per heavy atom. The molecule has 0 amide bonds. The average molecular weight is 321 g/mol. The Bertz CT molecular complexity index is 450. The molecule has 0 aliphatic rings. The molecule has 0 unspecified atom stereocenters. The van der Waals surface area contributed by atoms with Gasteiger partial charge in [-0.2, -0.15) is 0 Å². The van der Waals surface area contributed by atoms with E-state index in [9.17, 15) is 0 Å². The highest BCUT2D eigenvalue weighted by molar-refractivity contribution is 9.11. The van der Waals surface area contributed by atoms with Crippen molar-refractivity contribution in [3.05, 3.63) is 27.5 Å². The van der Waals surface area contributed by atoms with E-state index >= 15 is 0 Å². The fourth-order valence-electron chi connectivity index (χ4n) is 1.26. The minimum absolute atomic E-state index is 0.808. The Hall–Kier alpha value is -0.0600. The van der Waals surface area contributed by atoms with Gasteiger partial charge in [0.05, 0.1) is 3.79 Å². The molecule has 0 saturated heterocycles. The van der Waals surface area contributed by atoms with E-state index in [4.69, 9.17) is 5.73 Å². The second-order valence-corrected chi connectivity index (χ2v) is 5.76. The molecular weight excluding hydrogens is 314 g/mol. The number of nitrogen functional groups attached to an aromatic ring is 1. The van der Waals surface area contributed by atoms with Crippen LogP contribution in [0.15, 0.2) is 22.0 Å². The van der Waals surface area contributed by atoms with Gasteiger partial charge in [-0.05, 0) is 33.6 Å². The van der Waals surface area contributed by atoms with E-state index in [1.807, 2.05) is 0 Å². The number of nitrogens with two attached hydrogens (primary N) is 1. The summed E-state index contributed by atoms with van der Waals surface area (Å²) in [4.78, 5) is 0. The second kappa shape index (κ2) is 3.59. The van der Waals surface area contributed by atoms with Crippen molar-refractivity contribution in [2.24, 2.45) is 0 Å². The lowest BCUT2D eigenvalue weighted by molar-refractivity contribution is 1.47. The largest absolute Gasteiger partial charge is 0.398 e. The molecule has 1 aromatic heterocycles. The van der Waals surface area contributed by atoms with Crippen LogP contribution in [0.4, 0.5) is 5.69 Å². The van der Waals surface area contributed by atoms with Crippen molar-refractivity contribution in [3.8, 4) is 0 Å². The molecule has 1 nitrogen and oxygen atoms in total. The monoisotopic (exact) mass is 319 g/mol. The second-order valence-electron chi connectivity index (χ2n) is 2.73. The molecule has 0 saturated carbocycles. The van der Waals surface area contributed by atoms with E-state index < -0.39 is 0 Å². The summed E-state index contributed by atoms with van der Waals surface area (Å²) < 4.78 is 2.36. The number of fused-ring (bicyclic) bond motifs is 1. The van der Waals surface area contributed by atoms with Gasteiger partial charge >= 0.3 is 0 Å². The van der Waals surface area contributed by atoms with Crippen LogP contribution in [-0.4, -0.2) is 0 Å². The van der Waals surface area contributed by atoms with E-state index in [1.165, 1.54) is 4.70 Å². The summed E-state index contributed by atoms with van der Waals surface area (Å²) in [6.07, 6.45) is 0. The summed E-state index contributed by atoms with van der Waals surface area (Å²) in [6.45, 7) is 0. The minimum Gasteiger partial charge on any atom is -0.398 e. The molecule has 68 valence electrons. The first-order valence-corrected chi connectivity index (χ1v) is 6.48. The van der Waals surface area contributed by atoms with E-state index in [2.05, 4.69) is 50.1 Å². The quantitative estimate of drug-likeness (QED) is 0.620. The van der Waals surface area contributed by atoms with Gasteiger partial charge in [-0.3, -0.25) is 0 Å². The minimum atomic E-state index is 0.808. The smallest absolute Gasteiger partial charge is 0.0711 e. The van der Waals surface area contributed by atoms with Crippen molar-refractivity contribution in [3.63, 3.8) is 0 Å². The van der Waals surface area contributed by atoms with Crippen molar-refractivity contribution < 1.29 is 0 Å². The molecule has 1 aromatic carbocycles. The number of hydrogen-bond donors (Lipinski definition) is 1. The van der Waals surface area contributed by atoms with Crippen LogP contribution in [0.1, 0.15) is 5.56 Å². The number of thiophene rings is 1. The molecule has 0 fully saturated rings. The molecule has 0 radical (unpaired) electrons. The Morgan fingerprint density at radius 1 is 1.38 bits per heavy atom. The highest BCUT2D eigenvalue weighted by atomic mass is 79.9. The molecular formula is C9H7Br2NS. The number of rotatable bonds is 1. The number of benzene rings is 1. The van der Waals surface area contributed by atoms with E-state index in [0.717, 1.165) is 25.8 Å². The van der Waals surface area contributed by atoms with Gasteiger partial charge in [-0.15, -0.1) is 11.3 Å². The third-order valence-electron chi connectivity index (χ3n) is 1.95. The van der Waals surface area contributed by atoms with Crippen molar-refractivity contribution in [1.82, 2.24) is 0 Å². The average Bonchev–Trinajstić information content (AvgIpc) is 2.47. The van der Waals surface area contributed by atoms with Crippen molar-refractivity contribution >= 4 is 59.0 Å². The molecule has 0 bridgehead atoms. The van der Waals surface area contributed by atoms with Crippen molar-refractivity contribution in [2.45, 2.75) is 5.33 Å². The Morgan fingerprint density at radius 3 is 2.85 bits per heavy atom. The predicted octanol–water partition coefficient (Wildman–Crippen LogP) is 4.14. The standard InChI is InChI=1S/C9H7Br2NS/c10-4-5-1-2-7-6(9(5)12)3-8(11)13-7/h1-3H,4,12H2. The lowest BCUT2D eigenvalue weighted by atomic mass is 10.1. The van der Waals surface area contributed by atoms with Crippen LogP contribution in [0.3, 0.4) is 0 Å². The van der Waals surface area contributed by atoms with Gasteiger partial charge in [0.15, 0.2) is 0 Å². The van der Waals surface area contributed by atoms with Crippen LogP contribution >= 0.6 is 43.2 Å². The Balaban J connectivity index is 2.78. The summed E-state index contributed by atoms with van der Waals surface area (Å²) in [7, 11) is 0. The third-order valence-corrected chi connectivity index (χ3v) is 4.15. The van der Waals surface area contributed by atoms with Gasteiger partial charge < -0.3 is 5.73 Å². The fraction of sp³-hybridized carbons (Fsp3) is 0.111. The van der Waals surface area contributed by atoms with Crippen LogP contribution < -0.4 is 5.73 Å². The molecule has 0 aliphatic heterocycles. The highest BCUT2D eigenvalue weighted by Crippen LogP contribution is 2.35. The maximum absolute atomic E-state index is 6.00. The van der Waals surface area contributed by atoms with Crippen LogP contribution in [0.2, 0.25) is 0 Å². The lowest BCUT2D eigenvalue weighted by Gasteiger charge is -2.01. The maximum atomic E-state index is 6.00. The van der Waals surface area contributed by atoms with Gasteiger partial charge in [-0.1, -0.05) is 22.0 Å². The van der Waals surface area contributed by atoms with Crippen LogP contribution in [0.25, 0.3) is 10.1 Å². The molecule has 0 atom stereocenters. The Labute approximate surface area is 97.2 Å².